The maximum Gasteiger partial charge on any atom is 0.407 e. The van der Waals surface area contributed by atoms with Gasteiger partial charge in [0, 0.05) is 30.8 Å². The van der Waals surface area contributed by atoms with Gasteiger partial charge in [-0.3, -0.25) is 9.59 Å². The van der Waals surface area contributed by atoms with E-state index >= 15 is 0 Å². The largest absolute Gasteiger partial charge is 0.444 e. The van der Waals surface area contributed by atoms with Crippen molar-refractivity contribution in [3.05, 3.63) is 29.8 Å². The fourth-order valence-corrected chi connectivity index (χ4v) is 3.19. The number of alkyl carbamates (subject to hydrolysis) is 1. The highest BCUT2D eigenvalue weighted by atomic mass is 16.6. The number of nitrogens with one attached hydrogen (secondary N) is 3. The van der Waals surface area contributed by atoms with Crippen LogP contribution in [0.15, 0.2) is 24.3 Å². The SMILES string of the molecule is CC(=O)Nc1cccc(C(=O)N[C@H]2CCC[C@H]2CNC(=O)OC(C)(C)C)c1. The molecule has 0 aliphatic heterocycles. The number of hydrogen-bond acceptors (Lipinski definition) is 4. The first-order valence-corrected chi connectivity index (χ1v) is 9.29. The number of rotatable bonds is 5. The van der Waals surface area contributed by atoms with Crippen molar-refractivity contribution in [3.8, 4) is 0 Å². The highest BCUT2D eigenvalue weighted by Gasteiger charge is 2.29. The van der Waals surface area contributed by atoms with Crippen molar-refractivity contribution >= 4 is 23.6 Å². The quantitative estimate of drug-likeness (QED) is 0.737. The molecule has 0 heterocycles. The molecule has 7 nitrogen and oxygen atoms in total. The van der Waals surface area contributed by atoms with Crippen LogP contribution in [0.2, 0.25) is 0 Å². The molecule has 3 amide bonds. The molecule has 0 spiro atoms. The third kappa shape index (κ3) is 6.92. The zero-order valence-corrected chi connectivity index (χ0v) is 16.4. The third-order valence-corrected chi connectivity index (χ3v) is 4.33. The summed E-state index contributed by atoms with van der Waals surface area (Å²) in [6.07, 6.45) is 2.37. The fraction of sp³-hybridized carbons (Fsp3) is 0.550. The van der Waals surface area contributed by atoms with E-state index < -0.39 is 11.7 Å². The lowest BCUT2D eigenvalue weighted by atomic mass is 10.0. The number of hydrogen-bond donors (Lipinski definition) is 3. The van der Waals surface area contributed by atoms with Crippen LogP contribution in [0.25, 0.3) is 0 Å². The highest BCUT2D eigenvalue weighted by molar-refractivity contribution is 5.97. The van der Waals surface area contributed by atoms with Crippen molar-refractivity contribution in [2.75, 3.05) is 11.9 Å². The summed E-state index contributed by atoms with van der Waals surface area (Å²) in [5, 5.41) is 8.52. The second-order valence-corrected chi connectivity index (χ2v) is 7.92. The summed E-state index contributed by atoms with van der Waals surface area (Å²) in [5.41, 5.74) is 0.545. The predicted octanol–water partition coefficient (Wildman–Crippen LogP) is 3.07. The smallest absolute Gasteiger partial charge is 0.407 e. The topological polar surface area (TPSA) is 96.5 Å². The molecular formula is C20H29N3O4. The van der Waals surface area contributed by atoms with Crippen LogP contribution < -0.4 is 16.0 Å². The Morgan fingerprint density at radius 1 is 1.19 bits per heavy atom. The first kappa shape index (κ1) is 20.7. The van der Waals surface area contributed by atoms with Crippen molar-refractivity contribution in [1.29, 1.82) is 0 Å². The molecular weight excluding hydrogens is 346 g/mol. The monoisotopic (exact) mass is 375 g/mol. The summed E-state index contributed by atoms with van der Waals surface area (Å²) >= 11 is 0. The molecule has 1 saturated carbocycles. The molecule has 7 heteroatoms. The van der Waals surface area contributed by atoms with Gasteiger partial charge in [0.15, 0.2) is 0 Å². The Balaban J connectivity index is 1.91. The van der Waals surface area contributed by atoms with Gasteiger partial charge in [-0.15, -0.1) is 0 Å². The molecule has 0 aromatic heterocycles. The van der Waals surface area contributed by atoms with E-state index in [2.05, 4.69) is 16.0 Å². The van der Waals surface area contributed by atoms with Crippen molar-refractivity contribution in [2.24, 2.45) is 5.92 Å². The van der Waals surface area contributed by atoms with E-state index in [1.165, 1.54) is 6.92 Å². The van der Waals surface area contributed by atoms with Crippen molar-refractivity contribution in [2.45, 2.75) is 58.6 Å². The minimum absolute atomic E-state index is 0.00291. The number of anilines is 1. The summed E-state index contributed by atoms with van der Waals surface area (Å²) in [4.78, 5) is 35.6. The van der Waals surface area contributed by atoms with E-state index in [0.717, 1.165) is 19.3 Å². The number of ether oxygens (including phenoxy) is 1. The Labute approximate surface area is 160 Å². The molecule has 0 radical (unpaired) electrons. The van der Waals surface area contributed by atoms with E-state index in [-0.39, 0.29) is 23.8 Å². The van der Waals surface area contributed by atoms with Gasteiger partial charge in [0.1, 0.15) is 5.60 Å². The Morgan fingerprint density at radius 3 is 2.59 bits per heavy atom. The average Bonchev–Trinajstić information content (AvgIpc) is 2.98. The minimum atomic E-state index is -0.535. The third-order valence-electron chi connectivity index (χ3n) is 4.33. The molecule has 2 atom stereocenters. The van der Waals surface area contributed by atoms with Crippen LogP contribution in [0.5, 0.6) is 0 Å². The van der Waals surface area contributed by atoms with Gasteiger partial charge >= 0.3 is 6.09 Å². The summed E-state index contributed by atoms with van der Waals surface area (Å²) in [7, 11) is 0. The van der Waals surface area contributed by atoms with Gasteiger partial charge in [0.2, 0.25) is 5.91 Å². The van der Waals surface area contributed by atoms with Crippen LogP contribution in [0.3, 0.4) is 0 Å². The number of benzene rings is 1. The standard InChI is InChI=1S/C20H29N3O4/c1-13(24)22-16-9-5-7-14(11-16)18(25)23-17-10-6-8-15(17)12-21-19(26)27-20(2,3)4/h5,7,9,11,15,17H,6,8,10,12H2,1-4H3,(H,21,26)(H,22,24)(H,23,25)/t15-,17-/m0/s1. The van der Waals surface area contributed by atoms with E-state index in [4.69, 9.17) is 4.74 Å². The molecule has 2 rings (SSSR count). The summed E-state index contributed by atoms with van der Waals surface area (Å²) in [6.45, 7) is 7.35. The normalized spacial score (nSPS) is 19.3. The first-order chi connectivity index (χ1) is 12.6. The van der Waals surface area contributed by atoms with Crippen LogP contribution in [0.1, 0.15) is 57.3 Å². The number of carbonyl (C=O) groups excluding carboxylic acids is 3. The Kier molecular flexibility index (Phi) is 6.82. The van der Waals surface area contributed by atoms with E-state index in [1.54, 1.807) is 24.3 Å². The summed E-state index contributed by atoms with van der Waals surface area (Å²) in [5.74, 6) is -0.201. The van der Waals surface area contributed by atoms with Gasteiger partial charge < -0.3 is 20.7 Å². The molecule has 0 bridgehead atoms. The van der Waals surface area contributed by atoms with Gasteiger partial charge in [0.05, 0.1) is 0 Å². The molecule has 1 aromatic rings. The summed E-state index contributed by atoms with van der Waals surface area (Å²) < 4.78 is 5.26. The zero-order valence-electron chi connectivity index (χ0n) is 16.4. The van der Waals surface area contributed by atoms with E-state index in [0.29, 0.717) is 17.8 Å². The zero-order chi connectivity index (χ0) is 20.0. The molecule has 1 fully saturated rings. The molecule has 148 valence electrons. The van der Waals surface area contributed by atoms with E-state index in [9.17, 15) is 14.4 Å². The van der Waals surface area contributed by atoms with Gasteiger partial charge in [-0.05, 0) is 57.7 Å². The van der Waals surface area contributed by atoms with Gasteiger partial charge in [-0.2, -0.15) is 0 Å². The van der Waals surface area contributed by atoms with Crippen LogP contribution in [-0.4, -0.2) is 36.1 Å². The predicted molar refractivity (Wildman–Crippen MR) is 104 cm³/mol. The first-order valence-electron chi connectivity index (χ1n) is 9.29. The maximum absolute atomic E-state index is 12.6. The lowest BCUT2D eigenvalue weighted by Crippen LogP contribution is -2.43. The van der Waals surface area contributed by atoms with Crippen LogP contribution in [0.4, 0.5) is 10.5 Å². The van der Waals surface area contributed by atoms with Crippen LogP contribution in [-0.2, 0) is 9.53 Å². The van der Waals surface area contributed by atoms with Gasteiger partial charge in [-0.1, -0.05) is 12.5 Å². The summed E-state index contributed by atoms with van der Waals surface area (Å²) in [6, 6.07) is 6.83. The van der Waals surface area contributed by atoms with E-state index in [1.807, 2.05) is 20.8 Å². The molecule has 1 aliphatic carbocycles. The second kappa shape index (κ2) is 8.88. The second-order valence-electron chi connectivity index (χ2n) is 7.92. The van der Waals surface area contributed by atoms with Crippen molar-refractivity contribution in [1.82, 2.24) is 10.6 Å². The van der Waals surface area contributed by atoms with Crippen molar-refractivity contribution in [3.63, 3.8) is 0 Å². The highest BCUT2D eigenvalue weighted by Crippen LogP contribution is 2.25. The lowest BCUT2D eigenvalue weighted by molar-refractivity contribution is -0.114. The molecule has 3 N–H and O–H groups in total. The fourth-order valence-electron chi connectivity index (χ4n) is 3.19. The lowest BCUT2D eigenvalue weighted by Gasteiger charge is -2.23. The molecule has 0 unspecified atom stereocenters. The van der Waals surface area contributed by atoms with Gasteiger partial charge in [-0.25, -0.2) is 4.79 Å². The minimum Gasteiger partial charge on any atom is -0.444 e. The Morgan fingerprint density at radius 2 is 1.93 bits per heavy atom. The molecule has 1 aromatic carbocycles. The van der Waals surface area contributed by atoms with Crippen molar-refractivity contribution < 1.29 is 19.1 Å². The molecule has 0 saturated heterocycles. The van der Waals surface area contributed by atoms with Crippen LogP contribution >= 0.6 is 0 Å². The Hall–Kier alpha value is -2.57. The molecule has 1 aliphatic rings. The number of amides is 3. The molecule has 27 heavy (non-hydrogen) atoms. The van der Waals surface area contributed by atoms with Gasteiger partial charge in [0.25, 0.3) is 5.91 Å². The van der Waals surface area contributed by atoms with Crippen LogP contribution in [0, 0.1) is 5.92 Å². The maximum atomic E-state index is 12.6. The number of carbonyl (C=O) groups is 3. The average molecular weight is 375 g/mol. The Bertz CT molecular complexity index is 697.